The van der Waals surface area contributed by atoms with Crippen LogP contribution in [-0.4, -0.2) is 33.7 Å². The maximum absolute atomic E-state index is 14.3. The highest BCUT2D eigenvalue weighted by Crippen LogP contribution is 2.14. The molecule has 0 radical (unpaired) electrons. The third-order valence-corrected chi connectivity index (χ3v) is 3.81. The van der Waals surface area contributed by atoms with Crippen LogP contribution in [0.3, 0.4) is 0 Å². The van der Waals surface area contributed by atoms with E-state index in [4.69, 9.17) is 0 Å². The summed E-state index contributed by atoms with van der Waals surface area (Å²) in [4.78, 5) is 8.12. The Balaban J connectivity index is 0.00000243. The molecule has 0 aliphatic heterocycles. The van der Waals surface area contributed by atoms with Gasteiger partial charge in [-0.3, -0.25) is 4.99 Å². The zero-order valence-corrected chi connectivity index (χ0v) is 16.8. The molecule has 8 heteroatoms. The highest BCUT2D eigenvalue weighted by molar-refractivity contribution is 14.0. The predicted octanol–water partition coefficient (Wildman–Crippen LogP) is 2.80. The molecule has 0 spiro atoms. The maximum Gasteiger partial charge on any atom is 0.191 e. The number of halogens is 2. The molecular formula is C18H22FIN6. The third-order valence-electron chi connectivity index (χ3n) is 3.81. The average molecular weight is 468 g/mol. The molecule has 3 aromatic rings. The Hall–Kier alpha value is -2.36. The number of hydrogen-bond donors (Lipinski definition) is 2. The number of nitrogens with one attached hydrogen (secondary N) is 2. The van der Waals surface area contributed by atoms with Crippen LogP contribution in [0.2, 0.25) is 0 Å². The number of rotatable bonds is 6. The van der Waals surface area contributed by atoms with Gasteiger partial charge in [-0.15, -0.1) is 24.0 Å². The highest BCUT2D eigenvalue weighted by Gasteiger charge is 2.06. The molecule has 0 saturated carbocycles. The Morgan fingerprint density at radius 1 is 1.19 bits per heavy atom. The van der Waals surface area contributed by atoms with Gasteiger partial charge in [-0.1, -0.05) is 6.07 Å². The molecule has 6 nitrogen and oxygen atoms in total. The van der Waals surface area contributed by atoms with E-state index < -0.39 is 0 Å². The van der Waals surface area contributed by atoms with Crippen molar-refractivity contribution in [2.75, 3.05) is 13.6 Å². The summed E-state index contributed by atoms with van der Waals surface area (Å²) in [6.07, 6.45) is 8.95. The number of aliphatic imine (C=N–C) groups is 1. The molecule has 0 bridgehead atoms. The van der Waals surface area contributed by atoms with Crippen LogP contribution in [-0.2, 0) is 13.1 Å². The summed E-state index contributed by atoms with van der Waals surface area (Å²) in [5, 5.41) is 6.43. The van der Waals surface area contributed by atoms with Crippen LogP contribution in [0.1, 0.15) is 5.56 Å². The molecule has 2 aromatic heterocycles. The van der Waals surface area contributed by atoms with Gasteiger partial charge in [0, 0.05) is 51.5 Å². The van der Waals surface area contributed by atoms with Crippen LogP contribution in [0.15, 0.2) is 66.4 Å². The van der Waals surface area contributed by atoms with Crippen molar-refractivity contribution < 1.29 is 4.39 Å². The van der Waals surface area contributed by atoms with Crippen molar-refractivity contribution in [2.24, 2.45) is 4.99 Å². The van der Waals surface area contributed by atoms with Crippen molar-refractivity contribution in [3.63, 3.8) is 0 Å². The molecule has 0 atom stereocenters. The van der Waals surface area contributed by atoms with Crippen LogP contribution in [0.4, 0.5) is 4.39 Å². The molecular weight excluding hydrogens is 446 g/mol. The SMILES string of the molecule is CN=C(NCCn1cccc1)NCc1ccc(-n2ccnc2)c(F)c1.I. The number of benzene rings is 1. The van der Waals surface area contributed by atoms with E-state index in [1.807, 2.05) is 30.6 Å². The number of aromatic nitrogens is 3. The van der Waals surface area contributed by atoms with Crippen LogP contribution < -0.4 is 10.6 Å². The summed E-state index contributed by atoms with van der Waals surface area (Å²) in [6, 6.07) is 9.15. The molecule has 0 amide bonds. The lowest BCUT2D eigenvalue weighted by Crippen LogP contribution is -2.38. The van der Waals surface area contributed by atoms with Gasteiger partial charge in [0.2, 0.25) is 0 Å². The van der Waals surface area contributed by atoms with E-state index in [0.29, 0.717) is 18.2 Å². The van der Waals surface area contributed by atoms with Gasteiger partial charge >= 0.3 is 0 Å². The van der Waals surface area contributed by atoms with Crippen LogP contribution in [0.5, 0.6) is 0 Å². The molecule has 0 fully saturated rings. The Labute approximate surface area is 169 Å². The second kappa shape index (κ2) is 9.95. The Morgan fingerprint density at radius 3 is 2.65 bits per heavy atom. The van der Waals surface area contributed by atoms with E-state index in [-0.39, 0.29) is 29.8 Å². The van der Waals surface area contributed by atoms with Crippen LogP contribution >= 0.6 is 24.0 Å². The largest absolute Gasteiger partial charge is 0.355 e. The van der Waals surface area contributed by atoms with Crippen LogP contribution in [0.25, 0.3) is 5.69 Å². The highest BCUT2D eigenvalue weighted by atomic mass is 127. The second-order valence-electron chi connectivity index (χ2n) is 5.53. The zero-order chi connectivity index (χ0) is 17.5. The maximum atomic E-state index is 14.3. The van der Waals surface area contributed by atoms with E-state index in [1.165, 1.54) is 6.07 Å². The molecule has 3 rings (SSSR count). The Bertz CT molecular complexity index is 814. The minimum Gasteiger partial charge on any atom is -0.355 e. The van der Waals surface area contributed by atoms with E-state index in [9.17, 15) is 4.39 Å². The lowest BCUT2D eigenvalue weighted by Gasteiger charge is -2.13. The molecule has 138 valence electrons. The first kappa shape index (κ1) is 20.0. The second-order valence-corrected chi connectivity index (χ2v) is 5.53. The molecule has 0 aliphatic carbocycles. The van der Waals surface area contributed by atoms with Gasteiger partial charge in [0.05, 0.1) is 12.0 Å². The smallest absolute Gasteiger partial charge is 0.191 e. The normalized spacial score (nSPS) is 11.1. The zero-order valence-electron chi connectivity index (χ0n) is 14.5. The molecule has 1 aromatic carbocycles. The quantitative estimate of drug-likeness (QED) is 0.333. The predicted molar refractivity (Wildman–Crippen MR) is 112 cm³/mol. The number of hydrogen-bond acceptors (Lipinski definition) is 2. The van der Waals surface area contributed by atoms with E-state index in [2.05, 4.69) is 25.2 Å². The third kappa shape index (κ3) is 5.32. The molecule has 0 aliphatic rings. The number of nitrogens with zero attached hydrogens (tertiary/aromatic N) is 4. The van der Waals surface area contributed by atoms with Gasteiger partial charge in [0.15, 0.2) is 5.96 Å². The Kier molecular flexibility index (Phi) is 7.64. The summed E-state index contributed by atoms with van der Waals surface area (Å²) in [5.41, 5.74) is 1.32. The molecule has 26 heavy (non-hydrogen) atoms. The first-order valence-corrected chi connectivity index (χ1v) is 8.08. The fourth-order valence-electron chi connectivity index (χ4n) is 2.50. The van der Waals surface area contributed by atoms with Crippen molar-refractivity contribution in [1.29, 1.82) is 0 Å². The lowest BCUT2D eigenvalue weighted by atomic mass is 10.2. The van der Waals surface area contributed by atoms with Gasteiger partial charge in [0.1, 0.15) is 5.82 Å². The van der Waals surface area contributed by atoms with E-state index in [0.717, 1.165) is 18.7 Å². The van der Waals surface area contributed by atoms with Crippen molar-refractivity contribution in [3.8, 4) is 5.69 Å². The van der Waals surface area contributed by atoms with Gasteiger partial charge in [0.25, 0.3) is 0 Å². The van der Waals surface area contributed by atoms with Crippen molar-refractivity contribution >= 4 is 29.9 Å². The fraction of sp³-hybridized carbons (Fsp3) is 0.222. The summed E-state index contributed by atoms with van der Waals surface area (Å²) in [5.74, 6) is 0.402. The van der Waals surface area contributed by atoms with E-state index in [1.54, 1.807) is 36.4 Å². The molecule has 0 saturated heterocycles. The minimum atomic E-state index is -0.284. The molecule has 2 N–H and O–H groups in total. The molecule has 0 unspecified atom stereocenters. The van der Waals surface area contributed by atoms with Crippen molar-refractivity contribution in [3.05, 3.63) is 72.8 Å². The van der Waals surface area contributed by atoms with Crippen molar-refractivity contribution in [1.82, 2.24) is 24.8 Å². The lowest BCUT2D eigenvalue weighted by molar-refractivity contribution is 0.614. The summed E-state index contributed by atoms with van der Waals surface area (Å²) in [7, 11) is 1.72. The Morgan fingerprint density at radius 2 is 2.00 bits per heavy atom. The first-order valence-electron chi connectivity index (χ1n) is 8.08. The summed E-state index contributed by atoms with van der Waals surface area (Å²) in [6.45, 7) is 2.09. The number of guanidine groups is 1. The first-order chi connectivity index (χ1) is 12.3. The average Bonchev–Trinajstić information content (AvgIpc) is 3.31. The van der Waals surface area contributed by atoms with Gasteiger partial charge in [-0.25, -0.2) is 9.37 Å². The standard InChI is InChI=1S/C18H21FN6.HI/c1-20-18(22-7-10-24-8-2-3-9-24)23-13-15-4-5-17(16(19)12-15)25-11-6-21-14-25;/h2-6,8-9,11-12,14H,7,10,13H2,1H3,(H2,20,22,23);1H. The molecule has 2 heterocycles. The van der Waals surface area contributed by atoms with Crippen LogP contribution in [0, 0.1) is 5.82 Å². The van der Waals surface area contributed by atoms with Gasteiger partial charge in [-0.2, -0.15) is 0 Å². The van der Waals surface area contributed by atoms with E-state index >= 15 is 0 Å². The van der Waals surface area contributed by atoms with Gasteiger partial charge in [-0.05, 0) is 29.8 Å². The summed E-state index contributed by atoms with van der Waals surface area (Å²) >= 11 is 0. The van der Waals surface area contributed by atoms with Gasteiger partial charge < -0.3 is 19.8 Å². The van der Waals surface area contributed by atoms with Crippen molar-refractivity contribution in [2.45, 2.75) is 13.1 Å². The summed E-state index contributed by atoms with van der Waals surface area (Å²) < 4.78 is 18.0. The fourth-order valence-corrected chi connectivity index (χ4v) is 2.50. The number of imidazole rings is 1. The topological polar surface area (TPSA) is 59.2 Å². The minimum absolute atomic E-state index is 0. The monoisotopic (exact) mass is 468 g/mol.